The summed E-state index contributed by atoms with van der Waals surface area (Å²) in [5.74, 6) is 1.53. The van der Waals surface area contributed by atoms with E-state index in [0.717, 1.165) is 12.1 Å². The molecule has 0 bridgehead atoms. The van der Waals surface area contributed by atoms with Gasteiger partial charge in [0.1, 0.15) is 13.2 Å². The average molecular weight is 353 g/mol. The number of fused-ring (bicyclic) bond motifs is 1. The number of aliphatic hydroxyl groups excluding tert-OH is 1. The Labute approximate surface area is 153 Å². The molecule has 0 aliphatic carbocycles. The number of hydrogen-bond donors (Lipinski definition) is 1. The standard InChI is InChI=1S/C21H23NO4/c23-18(16-6-7-20-21(12-16)26-11-10-25-20)8-9-22-13-17(19(24)14-22)15-4-2-1-3-5-15/h1-7,12,17,19,24H,8-11,13-14H2. The van der Waals surface area contributed by atoms with Crippen molar-refractivity contribution in [3.63, 3.8) is 0 Å². The predicted molar refractivity (Wildman–Crippen MR) is 98.0 cm³/mol. The van der Waals surface area contributed by atoms with Crippen molar-refractivity contribution >= 4 is 5.78 Å². The second-order valence-corrected chi connectivity index (χ2v) is 6.88. The Bertz CT molecular complexity index is 777. The van der Waals surface area contributed by atoms with Crippen LogP contribution in [-0.2, 0) is 0 Å². The van der Waals surface area contributed by atoms with Gasteiger partial charge in [-0.05, 0) is 23.8 Å². The highest BCUT2D eigenvalue weighted by atomic mass is 16.6. The van der Waals surface area contributed by atoms with Gasteiger partial charge in [-0.2, -0.15) is 0 Å². The van der Waals surface area contributed by atoms with Gasteiger partial charge in [-0.25, -0.2) is 0 Å². The number of aliphatic hydroxyl groups is 1. The number of ether oxygens (including phenoxy) is 2. The second kappa shape index (κ2) is 7.48. The van der Waals surface area contributed by atoms with E-state index >= 15 is 0 Å². The maximum absolute atomic E-state index is 12.5. The van der Waals surface area contributed by atoms with Crippen LogP contribution in [0, 0.1) is 0 Å². The third-order valence-electron chi connectivity index (χ3n) is 5.11. The molecule has 2 aromatic rings. The highest BCUT2D eigenvalue weighted by molar-refractivity contribution is 5.96. The molecular weight excluding hydrogens is 330 g/mol. The minimum Gasteiger partial charge on any atom is -0.486 e. The van der Waals surface area contributed by atoms with Crippen LogP contribution in [0.4, 0.5) is 0 Å². The Balaban J connectivity index is 1.35. The van der Waals surface area contributed by atoms with Crippen molar-refractivity contribution in [2.24, 2.45) is 0 Å². The molecule has 2 aliphatic heterocycles. The van der Waals surface area contributed by atoms with Crippen molar-refractivity contribution in [3.8, 4) is 11.5 Å². The smallest absolute Gasteiger partial charge is 0.164 e. The van der Waals surface area contributed by atoms with Crippen LogP contribution in [0.5, 0.6) is 11.5 Å². The van der Waals surface area contributed by atoms with Gasteiger partial charge in [-0.1, -0.05) is 30.3 Å². The van der Waals surface area contributed by atoms with Gasteiger partial charge in [-0.15, -0.1) is 0 Å². The van der Waals surface area contributed by atoms with Crippen LogP contribution in [0.3, 0.4) is 0 Å². The van der Waals surface area contributed by atoms with Gasteiger partial charge in [0.15, 0.2) is 17.3 Å². The summed E-state index contributed by atoms with van der Waals surface area (Å²) in [5.41, 5.74) is 1.80. The maximum Gasteiger partial charge on any atom is 0.164 e. The van der Waals surface area contributed by atoms with Gasteiger partial charge < -0.3 is 14.6 Å². The maximum atomic E-state index is 12.5. The van der Waals surface area contributed by atoms with Crippen molar-refractivity contribution in [1.82, 2.24) is 4.90 Å². The highest BCUT2D eigenvalue weighted by Gasteiger charge is 2.32. The zero-order chi connectivity index (χ0) is 17.9. The second-order valence-electron chi connectivity index (χ2n) is 6.88. The molecule has 26 heavy (non-hydrogen) atoms. The van der Waals surface area contributed by atoms with Gasteiger partial charge in [0.25, 0.3) is 0 Å². The summed E-state index contributed by atoms with van der Waals surface area (Å²) in [4.78, 5) is 14.7. The fourth-order valence-corrected chi connectivity index (χ4v) is 3.70. The molecule has 0 spiro atoms. The van der Waals surface area contributed by atoms with Crippen molar-refractivity contribution in [2.45, 2.75) is 18.4 Å². The number of hydrogen-bond acceptors (Lipinski definition) is 5. The molecule has 5 nitrogen and oxygen atoms in total. The fourth-order valence-electron chi connectivity index (χ4n) is 3.70. The summed E-state index contributed by atoms with van der Waals surface area (Å²) in [6, 6.07) is 15.4. The molecule has 2 unspecified atom stereocenters. The molecule has 136 valence electrons. The first-order chi connectivity index (χ1) is 12.7. The zero-order valence-electron chi connectivity index (χ0n) is 14.6. The van der Waals surface area contributed by atoms with Gasteiger partial charge in [0, 0.05) is 37.5 Å². The minimum atomic E-state index is -0.387. The number of likely N-dealkylation sites (tertiary alicyclic amines) is 1. The Hall–Kier alpha value is -2.37. The Morgan fingerprint density at radius 3 is 2.62 bits per heavy atom. The van der Waals surface area contributed by atoms with Gasteiger partial charge in [0.2, 0.25) is 0 Å². The third kappa shape index (κ3) is 3.59. The van der Waals surface area contributed by atoms with E-state index in [1.54, 1.807) is 18.2 Å². The van der Waals surface area contributed by atoms with E-state index in [-0.39, 0.29) is 17.8 Å². The summed E-state index contributed by atoms with van der Waals surface area (Å²) < 4.78 is 11.0. The normalized spacial score (nSPS) is 22.3. The quantitative estimate of drug-likeness (QED) is 0.837. The van der Waals surface area contributed by atoms with Gasteiger partial charge >= 0.3 is 0 Å². The van der Waals surface area contributed by atoms with Crippen molar-refractivity contribution in [2.75, 3.05) is 32.8 Å². The number of Topliss-reactive ketones (excluding diaryl/α,β-unsaturated/α-hetero) is 1. The summed E-state index contributed by atoms with van der Waals surface area (Å²) in [5, 5.41) is 10.4. The zero-order valence-corrected chi connectivity index (χ0v) is 14.6. The number of ketones is 1. The molecule has 1 saturated heterocycles. The molecule has 4 rings (SSSR count). The van der Waals surface area contributed by atoms with Crippen LogP contribution in [0.15, 0.2) is 48.5 Å². The Kier molecular flexibility index (Phi) is 4.91. The molecule has 0 saturated carbocycles. The molecule has 2 aliphatic rings. The molecule has 1 fully saturated rings. The number of rotatable bonds is 5. The van der Waals surface area contributed by atoms with Crippen LogP contribution < -0.4 is 9.47 Å². The largest absolute Gasteiger partial charge is 0.486 e. The van der Waals surface area contributed by atoms with E-state index in [4.69, 9.17) is 9.47 Å². The summed E-state index contributed by atoms with van der Waals surface area (Å²) >= 11 is 0. The molecule has 0 radical (unpaired) electrons. The lowest BCUT2D eigenvalue weighted by Gasteiger charge is -2.19. The van der Waals surface area contributed by atoms with E-state index in [9.17, 15) is 9.90 Å². The Morgan fingerprint density at radius 2 is 1.81 bits per heavy atom. The number of benzene rings is 2. The summed E-state index contributed by atoms with van der Waals surface area (Å²) in [6.07, 6.45) is 0.0373. The number of carbonyl (C=O) groups excluding carboxylic acids is 1. The van der Waals surface area contributed by atoms with Crippen molar-refractivity contribution in [3.05, 3.63) is 59.7 Å². The van der Waals surface area contributed by atoms with E-state index in [1.165, 1.54) is 0 Å². The lowest BCUT2D eigenvalue weighted by atomic mass is 9.96. The van der Waals surface area contributed by atoms with Crippen molar-refractivity contribution in [1.29, 1.82) is 0 Å². The molecule has 2 heterocycles. The summed E-state index contributed by atoms with van der Waals surface area (Å²) in [6.45, 7) is 3.08. The van der Waals surface area contributed by atoms with Crippen LogP contribution >= 0.6 is 0 Å². The van der Waals surface area contributed by atoms with E-state index in [0.29, 0.717) is 49.8 Å². The monoisotopic (exact) mass is 353 g/mol. The van der Waals surface area contributed by atoms with E-state index in [2.05, 4.69) is 17.0 Å². The third-order valence-corrected chi connectivity index (χ3v) is 5.11. The number of β-amino-alcohol motifs (C(OH)–C–C–N with tert-alkyl or cyclic N) is 1. The van der Waals surface area contributed by atoms with Crippen LogP contribution in [0.25, 0.3) is 0 Å². The van der Waals surface area contributed by atoms with Gasteiger partial charge in [0.05, 0.1) is 6.10 Å². The first kappa shape index (κ1) is 17.1. The topological polar surface area (TPSA) is 59.0 Å². The molecule has 0 amide bonds. The molecule has 2 atom stereocenters. The minimum absolute atomic E-state index is 0.0830. The predicted octanol–water partition coefficient (Wildman–Crippen LogP) is 2.49. The molecular formula is C21H23NO4. The number of nitrogens with zero attached hydrogens (tertiary/aromatic N) is 1. The number of carbonyl (C=O) groups is 1. The first-order valence-corrected chi connectivity index (χ1v) is 9.09. The average Bonchev–Trinajstić information content (AvgIpc) is 3.07. The highest BCUT2D eigenvalue weighted by Crippen LogP contribution is 2.31. The van der Waals surface area contributed by atoms with E-state index < -0.39 is 0 Å². The Morgan fingerprint density at radius 1 is 1.04 bits per heavy atom. The first-order valence-electron chi connectivity index (χ1n) is 9.09. The summed E-state index contributed by atoms with van der Waals surface area (Å²) in [7, 11) is 0. The van der Waals surface area contributed by atoms with Crippen LogP contribution in [-0.4, -0.2) is 54.7 Å². The lowest BCUT2D eigenvalue weighted by molar-refractivity contribution is 0.0962. The SMILES string of the molecule is O=C(CCN1CC(O)C(c2ccccc2)C1)c1ccc2c(c1)OCCO2. The van der Waals surface area contributed by atoms with Crippen LogP contribution in [0.1, 0.15) is 28.3 Å². The molecule has 2 aromatic carbocycles. The van der Waals surface area contributed by atoms with Crippen molar-refractivity contribution < 1.29 is 19.4 Å². The molecule has 0 aromatic heterocycles. The fraction of sp³-hybridized carbons (Fsp3) is 0.381. The molecule has 1 N–H and O–H groups in total. The molecule has 5 heteroatoms. The lowest BCUT2D eigenvalue weighted by Crippen LogP contribution is -2.25. The van der Waals surface area contributed by atoms with Gasteiger partial charge in [-0.3, -0.25) is 9.69 Å². The van der Waals surface area contributed by atoms with E-state index in [1.807, 2.05) is 18.2 Å². The van der Waals surface area contributed by atoms with Crippen LogP contribution in [0.2, 0.25) is 0 Å².